The molecule has 0 radical (unpaired) electrons. The lowest BCUT2D eigenvalue weighted by atomic mass is 9.88. The van der Waals surface area contributed by atoms with E-state index in [1.165, 1.54) is 22.1 Å². The summed E-state index contributed by atoms with van der Waals surface area (Å²) in [6.45, 7) is 2.27. The molecule has 2 aromatic heterocycles. The molecule has 52 heavy (non-hydrogen) atoms. The van der Waals surface area contributed by atoms with E-state index in [2.05, 4.69) is 159 Å². The Hall–Kier alpha value is -6.65. The highest BCUT2D eigenvalue weighted by molar-refractivity contribution is 6.01. The Balaban J connectivity index is 1.23. The molecule has 0 amide bonds. The van der Waals surface area contributed by atoms with Gasteiger partial charge in [0.25, 0.3) is 0 Å². The molecule has 0 bridgehead atoms. The molecular weight excluding hydrogens is 635 g/mol. The van der Waals surface area contributed by atoms with Gasteiger partial charge in [-0.1, -0.05) is 134 Å². The fourth-order valence-electron chi connectivity index (χ4n) is 7.63. The van der Waals surface area contributed by atoms with Crippen LogP contribution in [0.3, 0.4) is 0 Å². The zero-order valence-corrected chi connectivity index (χ0v) is 28.6. The van der Waals surface area contributed by atoms with Gasteiger partial charge in [-0.05, 0) is 92.5 Å². The summed E-state index contributed by atoms with van der Waals surface area (Å²) in [5, 5.41) is 5.68. The van der Waals surface area contributed by atoms with Crippen molar-refractivity contribution < 1.29 is 4.42 Å². The summed E-state index contributed by atoms with van der Waals surface area (Å²) in [5.74, 6) is 3.09. The normalized spacial score (nSPS) is 13.9. The van der Waals surface area contributed by atoms with E-state index in [1.54, 1.807) is 0 Å². The summed E-state index contributed by atoms with van der Waals surface area (Å²) in [6.07, 6.45) is 5.27. The fraction of sp³-hybridized carbons (Fsp3) is 0.0625. The molecule has 0 spiro atoms. The average Bonchev–Trinajstić information content (AvgIpc) is 3.60. The summed E-state index contributed by atoms with van der Waals surface area (Å²) < 4.78 is 6.60. The van der Waals surface area contributed by atoms with E-state index in [4.69, 9.17) is 19.4 Å². The van der Waals surface area contributed by atoms with E-state index >= 15 is 0 Å². The van der Waals surface area contributed by atoms with Crippen LogP contribution in [-0.2, 0) is 0 Å². The first-order chi connectivity index (χ1) is 25.6. The minimum absolute atomic E-state index is 0.295. The predicted molar refractivity (Wildman–Crippen MR) is 214 cm³/mol. The van der Waals surface area contributed by atoms with Crippen molar-refractivity contribution in [2.75, 3.05) is 0 Å². The molecule has 1 unspecified atom stereocenters. The molecule has 0 aliphatic heterocycles. The maximum absolute atomic E-state index is 6.60. The van der Waals surface area contributed by atoms with Crippen LogP contribution in [0, 0.1) is 0 Å². The fourth-order valence-corrected chi connectivity index (χ4v) is 7.63. The van der Waals surface area contributed by atoms with Crippen LogP contribution in [0.1, 0.15) is 30.6 Å². The van der Waals surface area contributed by atoms with E-state index in [0.29, 0.717) is 23.4 Å². The second kappa shape index (κ2) is 12.3. The van der Waals surface area contributed by atoms with E-state index in [1.807, 2.05) is 12.1 Å². The summed E-state index contributed by atoms with van der Waals surface area (Å²) in [7, 11) is 0. The third-order valence-electron chi connectivity index (χ3n) is 10.3. The first-order valence-corrected chi connectivity index (χ1v) is 17.8. The summed E-state index contributed by atoms with van der Waals surface area (Å²) >= 11 is 0. The van der Waals surface area contributed by atoms with E-state index in [9.17, 15) is 0 Å². The van der Waals surface area contributed by atoms with E-state index in [-0.39, 0.29) is 0 Å². The van der Waals surface area contributed by atoms with Gasteiger partial charge >= 0.3 is 0 Å². The van der Waals surface area contributed by atoms with Gasteiger partial charge in [0.1, 0.15) is 11.3 Å². The minimum atomic E-state index is 0.295. The highest BCUT2D eigenvalue weighted by Crippen LogP contribution is 2.44. The van der Waals surface area contributed by atoms with Crippen molar-refractivity contribution in [3.05, 3.63) is 169 Å². The zero-order chi connectivity index (χ0) is 34.6. The molecule has 7 aromatic carbocycles. The van der Waals surface area contributed by atoms with Crippen LogP contribution in [0.5, 0.6) is 0 Å². The molecule has 1 atom stereocenters. The number of rotatable bonds is 5. The minimum Gasteiger partial charge on any atom is -0.456 e. The van der Waals surface area contributed by atoms with Gasteiger partial charge in [-0.2, -0.15) is 0 Å². The van der Waals surface area contributed by atoms with Crippen LogP contribution >= 0.6 is 0 Å². The molecule has 246 valence electrons. The van der Waals surface area contributed by atoms with Gasteiger partial charge in [-0.3, -0.25) is 0 Å². The van der Waals surface area contributed by atoms with Gasteiger partial charge in [0.2, 0.25) is 0 Å². The molecular formula is C48H33N3O. The third kappa shape index (κ3) is 5.28. The van der Waals surface area contributed by atoms with Gasteiger partial charge < -0.3 is 4.42 Å². The van der Waals surface area contributed by atoms with Crippen LogP contribution in [0.4, 0.5) is 0 Å². The van der Waals surface area contributed by atoms with E-state index in [0.717, 1.165) is 67.1 Å². The van der Waals surface area contributed by atoms with Gasteiger partial charge in [0, 0.05) is 27.6 Å². The lowest BCUT2D eigenvalue weighted by Crippen LogP contribution is -2.02. The molecule has 0 saturated carbocycles. The Kier molecular flexibility index (Phi) is 7.14. The van der Waals surface area contributed by atoms with Crippen LogP contribution in [0.2, 0.25) is 0 Å². The highest BCUT2D eigenvalue weighted by Gasteiger charge is 2.26. The first kappa shape index (κ1) is 30.2. The summed E-state index contributed by atoms with van der Waals surface area (Å²) in [6, 6.07) is 53.3. The summed E-state index contributed by atoms with van der Waals surface area (Å²) in [4.78, 5) is 15.8. The topological polar surface area (TPSA) is 51.8 Å². The van der Waals surface area contributed by atoms with Crippen molar-refractivity contribution in [2.45, 2.75) is 19.3 Å². The largest absolute Gasteiger partial charge is 0.456 e. The molecule has 4 heteroatoms. The number of furan rings is 1. The Morgan fingerprint density at radius 2 is 1.04 bits per heavy atom. The number of hydrogen-bond donors (Lipinski definition) is 0. The van der Waals surface area contributed by atoms with E-state index < -0.39 is 0 Å². The van der Waals surface area contributed by atoms with Crippen LogP contribution in [0.25, 0.3) is 95.0 Å². The second-order valence-corrected chi connectivity index (χ2v) is 13.7. The number of nitrogens with zero attached hydrogens (tertiary/aromatic N) is 3. The summed E-state index contributed by atoms with van der Waals surface area (Å²) in [5.41, 5.74) is 9.39. The van der Waals surface area contributed by atoms with Gasteiger partial charge in [-0.25, -0.2) is 15.0 Å². The Morgan fingerprint density at radius 1 is 0.481 bits per heavy atom. The highest BCUT2D eigenvalue weighted by atomic mass is 16.3. The van der Waals surface area contributed by atoms with Gasteiger partial charge in [0.15, 0.2) is 17.5 Å². The number of hydrogen-bond acceptors (Lipinski definition) is 4. The molecule has 2 heterocycles. The molecule has 0 saturated heterocycles. The molecule has 1 aliphatic carbocycles. The molecule has 9 aromatic rings. The Labute approximate surface area is 301 Å². The molecule has 0 N–H and O–H groups in total. The third-order valence-corrected chi connectivity index (χ3v) is 10.3. The van der Waals surface area contributed by atoms with Crippen molar-refractivity contribution >= 4 is 38.6 Å². The van der Waals surface area contributed by atoms with Crippen LogP contribution < -0.4 is 0 Å². The zero-order valence-electron chi connectivity index (χ0n) is 28.6. The number of aromatic nitrogens is 3. The van der Waals surface area contributed by atoms with Crippen molar-refractivity contribution in [2.24, 2.45) is 0 Å². The number of benzene rings is 7. The maximum atomic E-state index is 6.60. The molecule has 1 aliphatic rings. The van der Waals surface area contributed by atoms with Crippen LogP contribution in [-0.4, -0.2) is 15.0 Å². The van der Waals surface area contributed by atoms with Gasteiger partial charge in [-0.15, -0.1) is 0 Å². The molecule has 0 fully saturated rings. The quantitative estimate of drug-likeness (QED) is 0.183. The maximum Gasteiger partial charge on any atom is 0.164 e. The number of fused-ring (bicyclic) bond motifs is 5. The lowest BCUT2D eigenvalue weighted by molar-refractivity contribution is 0.586. The molecule has 10 rings (SSSR count). The average molecular weight is 668 g/mol. The van der Waals surface area contributed by atoms with Crippen molar-refractivity contribution in [3.63, 3.8) is 0 Å². The van der Waals surface area contributed by atoms with Crippen molar-refractivity contribution in [3.8, 4) is 56.4 Å². The standard InChI is InChI=1S/C48H33N3O/c1-30-11-10-18-42-44(30)45-41(28-40(29-43(45)52-42)32-14-6-3-7-15-32)48-50-46(37-23-20-33-16-8-9-17-35(33)25-37)49-47(51-48)38-24-21-34-19-22-36(26-39(34)27-38)31-12-4-2-5-13-31/h2-10,12-30H,11H2,1H3. The second-order valence-electron chi connectivity index (χ2n) is 13.7. The SMILES string of the molecule is CC1CC=Cc2oc3cc(-c4ccccc4)cc(-c4nc(-c5ccc6ccccc6c5)nc(-c5ccc6ccc(-c7ccccc7)cc6c5)n4)c3c21. The van der Waals surface area contributed by atoms with Crippen molar-refractivity contribution in [1.82, 2.24) is 15.0 Å². The van der Waals surface area contributed by atoms with Gasteiger partial charge in [0.05, 0.1) is 0 Å². The predicted octanol–water partition coefficient (Wildman–Crippen LogP) is 12.8. The Morgan fingerprint density at radius 3 is 1.75 bits per heavy atom. The molecule has 4 nitrogen and oxygen atoms in total. The number of allylic oxidation sites excluding steroid dienone is 1. The smallest absolute Gasteiger partial charge is 0.164 e. The van der Waals surface area contributed by atoms with Crippen molar-refractivity contribution in [1.29, 1.82) is 0 Å². The lowest BCUT2D eigenvalue weighted by Gasteiger charge is -2.15. The Bertz CT molecular complexity index is 2840. The monoisotopic (exact) mass is 667 g/mol. The van der Waals surface area contributed by atoms with Crippen LogP contribution in [0.15, 0.2) is 162 Å². The first-order valence-electron chi connectivity index (χ1n) is 17.8.